The van der Waals surface area contributed by atoms with Crippen molar-refractivity contribution in [3.05, 3.63) is 114 Å². The maximum Gasteiger partial charge on any atom is 0.324 e. The Labute approximate surface area is 301 Å². The second-order valence-electron chi connectivity index (χ2n) is 13.2. The maximum absolute atomic E-state index is 13.7. The predicted octanol–water partition coefficient (Wildman–Crippen LogP) is 6.04. The van der Waals surface area contributed by atoms with Gasteiger partial charge in [-0.2, -0.15) is 0 Å². The number of rotatable bonds is 13. The van der Waals surface area contributed by atoms with Gasteiger partial charge in [0.2, 0.25) is 0 Å². The molecule has 3 amide bonds. The summed E-state index contributed by atoms with van der Waals surface area (Å²) >= 11 is 10.3. The van der Waals surface area contributed by atoms with Crippen LogP contribution in [0.1, 0.15) is 37.6 Å². The summed E-state index contributed by atoms with van der Waals surface area (Å²) in [5.74, 6) is -0.356. The van der Waals surface area contributed by atoms with Crippen LogP contribution in [0.25, 0.3) is 0 Å². The quantitative estimate of drug-likeness (QED) is 0.100. The number of aliphatic hydroxyl groups is 1. The van der Waals surface area contributed by atoms with Crippen molar-refractivity contribution in [2.24, 2.45) is 0 Å². The zero-order chi connectivity index (χ0) is 35.0. The fourth-order valence-electron chi connectivity index (χ4n) is 6.36. The molecule has 49 heavy (non-hydrogen) atoms. The first kappa shape index (κ1) is 36.5. The van der Waals surface area contributed by atoms with Crippen LogP contribution in [-0.2, 0) is 4.43 Å². The topological polar surface area (TPSA) is 94.1 Å². The number of halogens is 1. The van der Waals surface area contributed by atoms with Gasteiger partial charge in [-0.15, -0.1) is 12.6 Å². The van der Waals surface area contributed by atoms with Gasteiger partial charge in [0.05, 0.1) is 18.3 Å². The summed E-state index contributed by atoms with van der Waals surface area (Å²) in [6, 6.07) is 33.5. The van der Waals surface area contributed by atoms with Gasteiger partial charge in [0.15, 0.2) is 0 Å². The van der Waals surface area contributed by atoms with E-state index < -0.39 is 14.4 Å². The van der Waals surface area contributed by atoms with Gasteiger partial charge in [0.1, 0.15) is 0 Å². The highest BCUT2D eigenvalue weighted by atomic mass is 35.5. The smallest absolute Gasteiger partial charge is 0.324 e. The maximum atomic E-state index is 13.7. The van der Waals surface area contributed by atoms with Crippen molar-refractivity contribution in [3.63, 3.8) is 0 Å². The number of benzene rings is 4. The molecule has 0 unspecified atom stereocenters. The van der Waals surface area contributed by atoms with Gasteiger partial charge < -0.3 is 25.1 Å². The number of thiol groups is 1. The van der Waals surface area contributed by atoms with Crippen molar-refractivity contribution in [1.29, 1.82) is 0 Å². The Hall–Kier alpha value is -3.80. The van der Waals surface area contributed by atoms with Gasteiger partial charge in [0, 0.05) is 54.0 Å². The lowest BCUT2D eigenvalue weighted by Gasteiger charge is -2.43. The van der Waals surface area contributed by atoms with Crippen LogP contribution in [0.5, 0.6) is 0 Å². The van der Waals surface area contributed by atoms with Crippen molar-refractivity contribution in [2.75, 3.05) is 49.5 Å². The van der Waals surface area contributed by atoms with Crippen LogP contribution in [0.4, 0.5) is 16.2 Å². The molecule has 11 heteroatoms. The van der Waals surface area contributed by atoms with Crippen LogP contribution in [0.2, 0.25) is 10.1 Å². The van der Waals surface area contributed by atoms with Crippen molar-refractivity contribution < 1.29 is 19.1 Å². The average molecular weight is 717 g/mol. The molecule has 0 bridgehead atoms. The molecule has 1 heterocycles. The van der Waals surface area contributed by atoms with Crippen LogP contribution >= 0.6 is 24.2 Å². The molecule has 4 aromatic rings. The van der Waals surface area contributed by atoms with Gasteiger partial charge in [-0.3, -0.25) is 9.69 Å². The molecule has 0 saturated carbocycles. The molecule has 1 saturated heterocycles. The van der Waals surface area contributed by atoms with Gasteiger partial charge in [-0.05, 0) is 64.3 Å². The summed E-state index contributed by atoms with van der Waals surface area (Å²) in [4.78, 5) is 30.4. The van der Waals surface area contributed by atoms with Crippen molar-refractivity contribution in [3.8, 4) is 0 Å². The third-order valence-corrected chi connectivity index (χ3v) is 14.5. The van der Waals surface area contributed by atoms with E-state index in [9.17, 15) is 14.7 Å². The minimum atomic E-state index is -2.70. The van der Waals surface area contributed by atoms with E-state index in [1.165, 1.54) is 10.4 Å². The standard InChI is InChI=1S/C38H45ClN4O4SSi/c1-38(2,3)49(32-11-6-4-7-12-32,33-13-8-5-9-14-33)47-24-23-42-21-10-22-43(37(42)46)30-18-16-29(17-19-30)40-26-31(44)27-41-36(45)34-25-28(39)15-20-35(34)48/h4-9,11-20,25,31,40,44,48H,10,21-24,26-27H2,1-3H3,(H,41,45)/t31-/m1/s1. The Morgan fingerprint density at radius 1 is 0.939 bits per heavy atom. The molecule has 5 rings (SSSR count). The molecular weight excluding hydrogens is 672 g/mol. The molecule has 258 valence electrons. The lowest BCUT2D eigenvalue weighted by atomic mass is 10.2. The van der Waals surface area contributed by atoms with E-state index in [-0.39, 0.29) is 30.1 Å². The molecular formula is C38H45ClN4O4SSi. The Kier molecular flexibility index (Phi) is 12.1. The summed E-state index contributed by atoms with van der Waals surface area (Å²) in [6.07, 6.45) is 0.0294. The molecule has 0 spiro atoms. The molecule has 8 nitrogen and oxygen atoms in total. The van der Waals surface area contributed by atoms with Crippen LogP contribution in [-0.4, -0.2) is 75.7 Å². The van der Waals surface area contributed by atoms with E-state index in [4.69, 9.17) is 16.0 Å². The third kappa shape index (κ3) is 8.68. The minimum absolute atomic E-state index is 0.0340. The number of aliphatic hydroxyl groups excluding tert-OH is 1. The summed E-state index contributed by atoms with van der Waals surface area (Å²) in [5.41, 5.74) is 1.95. The van der Waals surface area contributed by atoms with E-state index in [1.54, 1.807) is 18.2 Å². The van der Waals surface area contributed by atoms with Gasteiger partial charge in [0.25, 0.3) is 14.2 Å². The summed E-state index contributed by atoms with van der Waals surface area (Å²) in [6.45, 7) is 9.30. The predicted molar refractivity (Wildman–Crippen MR) is 204 cm³/mol. The molecule has 3 N–H and O–H groups in total. The number of hydrogen-bond donors (Lipinski definition) is 4. The normalized spacial score (nSPS) is 14.4. The largest absolute Gasteiger partial charge is 0.406 e. The summed E-state index contributed by atoms with van der Waals surface area (Å²) in [5, 5.41) is 19.1. The number of hydrogen-bond acceptors (Lipinski definition) is 6. The number of urea groups is 1. The van der Waals surface area contributed by atoms with E-state index in [0.717, 1.165) is 17.8 Å². The first-order valence-electron chi connectivity index (χ1n) is 16.6. The molecule has 1 atom stereocenters. The van der Waals surface area contributed by atoms with Crippen LogP contribution in [0.15, 0.2) is 108 Å². The highest BCUT2D eigenvalue weighted by Crippen LogP contribution is 2.36. The molecule has 0 aromatic heterocycles. The van der Waals surface area contributed by atoms with Crippen LogP contribution in [0.3, 0.4) is 0 Å². The fraction of sp³-hybridized carbons (Fsp3) is 0.316. The van der Waals surface area contributed by atoms with Crippen molar-refractivity contribution >= 4 is 66.2 Å². The second-order valence-corrected chi connectivity index (χ2v) is 18.5. The number of carbonyl (C=O) groups excluding carboxylic acids is 2. The lowest BCUT2D eigenvalue weighted by Crippen LogP contribution is -2.67. The van der Waals surface area contributed by atoms with Crippen LogP contribution in [0, 0.1) is 0 Å². The molecule has 0 radical (unpaired) electrons. The van der Waals surface area contributed by atoms with Crippen molar-refractivity contribution in [2.45, 2.75) is 43.2 Å². The monoisotopic (exact) mass is 716 g/mol. The Balaban J connectivity index is 1.17. The molecule has 4 aromatic carbocycles. The molecule has 1 fully saturated rings. The molecule has 1 aliphatic rings. The highest BCUT2D eigenvalue weighted by Gasteiger charge is 2.50. The summed E-state index contributed by atoms with van der Waals surface area (Å²) < 4.78 is 7.05. The lowest BCUT2D eigenvalue weighted by molar-refractivity contribution is 0.0919. The number of nitrogens with zero attached hydrogens (tertiary/aromatic N) is 2. The van der Waals surface area contributed by atoms with E-state index in [2.05, 4.69) is 92.6 Å². The number of amides is 3. The minimum Gasteiger partial charge on any atom is -0.406 e. The van der Waals surface area contributed by atoms with E-state index >= 15 is 0 Å². The highest BCUT2D eigenvalue weighted by molar-refractivity contribution is 7.80. The van der Waals surface area contributed by atoms with Gasteiger partial charge in [-0.1, -0.05) is 93.0 Å². The van der Waals surface area contributed by atoms with Gasteiger partial charge >= 0.3 is 6.03 Å². The number of anilines is 2. The van der Waals surface area contributed by atoms with E-state index in [0.29, 0.717) is 41.7 Å². The average Bonchev–Trinajstić information content (AvgIpc) is 3.10. The van der Waals surface area contributed by atoms with Crippen molar-refractivity contribution in [1.82, 2.24) is 10.2 Å². The first-order valence-corrected chi connectivity index (χ1v) is 19.3. The SMILES string of the molecule is CC(C)(C)[Si](OCCN1CCCN(c2ccc(NC[C@@H](O)CNC(=O)c3cc(Cl)ccc3S)cc2)C1=O)(c1ccccc1)c1ccccc1. The van der Waals surface area contributed by atoms with E-state index in [1.807, 2.05) is 46.2 Å². The number of carbonyl (C=O) groups is 2. The second kappa shape index (κ2) is 16.3. The van der Waals surface area contributed by atoms with Gasteiger partial charge in [-0.25, -0.2) is 4.79 Å². The first-order chi connectivity index (χ1) is 23.5. The molecule has 0 aliphatic carbocycles. The fourth-order valence-corrected chi connectivity index (χ4v) is 11.3. The molecule has 1 aliphatic heterocycles. The third-order valence-electron chi connectivity index (χ3n) is 8.83. The number of nitrogens with one attached hydrogen (secondary N) is 2. The zero-order valence-corrected chi connectivity index (χ0v) is 30.9. The Bertz CT molecular complexity index is 1670. The Morgan fingerprint density at radius 3 is 2.18 bits per heavy atom. The zero-order valence-electron chi connectivity index (χ0n) is 28.2. The van der Waals surface area contributed by atoms with Crippen LogP contribution < -0.4 is 25.9 Å². The summed E-state index contributed by atoms with van der Waals surface area (Å²) in [7, 11) is -2.70. The Morgan fingerprint density at radius 2 is 1.57 bits per heavy atom.